The summed E-state index contributed by atoms with van der Waals surface area (Å²) in [7, 11) is 0. The van der Waals surface area contributed by atoms with E-state index < -0.39 is 0 Å². The molecule has 0 radical (unpaired) electrons. The van der Waals surface area contributed by atoms with Crippen LogP contribution in [0.4, 0.5) is 0 Å². The van der Waals surface area contributed by atoms with Gasteiger partial charge >= 0.3 is 0 Å². The zero-order valence-corrected chi connectivity index (χ0v) is 23.6. The molecule has 1 heterocycles. The van der Waals surface area contributed by atoms with Gasteiger partial charge in [-0.1, -0.05) is 123 Å². The predicted octanol–water partition coefficient (Wildman–Crippen LogP) is 11.4. The van der Waals surface area contributed by atoms with Gasteiger partial charge in [-0.05, 0) is 90.5 Å². The second kappa shape index (κ2) is 8.44. The van der Waals surface area contributed by atoms with Crippen LogP contribution in [0.3, 0.4) is 0 Å². The molecule has 1 nitrogen and oxygen atoms in total. The lowest BCUT2D eigenvalue weighted by Gasteiger charge is -2.25. The third-order valence-corrected chi connectivity index (χ3v) is 9.48. The van der Waals surface area contributed by atoms with Crippen LogP contribution in [-0.2, 0) is 5.41 Å². The van der Waals surface area contributed by atoms with E-state index >= 15 is 0 Å². The van der Waals surface area contributed by atoms with E-state index in [9.17, 15) is 0 Å². The van der Waals surface area contributed by atoms with E-state index in [1.165, 1.54) is 71.6 Å². The minimum atomic E-state index is -0.0764. The summed E-state index contributed by atoms with van der Waals surface area (Å²) in [5.41, 5.74) is 12.7. The van der Waals surface area contributed by atoms with Crippen LogP contribution in [0.2, 0.25) is 0 Å². The summed E-state index contributed by atoms with van der Waals surface area (Å²) in [5, 5.41) is 5.00. The first-order valence-electron chi connectivity index (χ1n) is 14.7. The molecule has 0 aromatic heterocycles. The molecule has 0 amide bonds. The Morgan fingerprint density at radius 3 is 2.02 bits per heavy atom. The van der Waals surface area contributed by atoms with Crippen molar-refractivity contribution in [1.82, 2.24) is 0 Å². The lowest BCUT2D eigenvalue weighted by Crippen LogP contribution is -2.15. The Hall–Kier alpha value is -5.14. The Bertz CT molecular complexity index is 2240. The fourth-order valence-electron chi connectivity index (χ4n) is 7.45. The smallest absolute Gasteiger partial charge is 0.135 e. The molecular weight excluding hydrogens is 508 g/mol. The highest BCUT2D eigenvalue weighted by Crippen LogP contribution is 2.55. The van der Waals surface area contributed by atoms with Crippen molar-refractivity contribution in [1.29, 1.82) is 0 Å². The van der Waals surface area contributed by atoms with Crippen LogP contribution in [0, 0.1) is 0 Å². The van der Waals surface area contributed by atoms with Crippen molar-refractivity contribution in [2.45, 2.75) is 19.3 Å². The quantitative estimate of drug-likeness (QED) is 0.213. The molecule has 0 saturated heterocycles. The molecule has 0 bridgehead atoms. The van der Waals surface area contributed by atoms with E-state index in [-0.39, 0.29) is 5.41 Å². The summed E-state index contributed by atoms with van der Waals surface area (Å²) in [4.78, 5) is 0. The summed E-state index contributed by atoms with van der Waals surface area (Å²) in [5.74, 6) is 1.83. The molecule has 0 unspecified atom stereocenters. The fraction of sp³-hybridized carbons (Fsp3) is 0.0732. The van der Waals surface area contributed by atoms with Crippen molar-refractivity contribution < 1.29 is 4.74 Å². The van der Waals surface area contributed by atoms with Crippen LogP contribution >= 0.6 is 0 Å². The number of fused-ring (bicyclic) bond motifs is 7. The van der Waals surface area contributed by atoms with E-state index in [4.69, 9.17) is 4.74 Å². The summed E-state index contributed by atoms with van der Waals surface area (Å²) in [6.45, 7) is 4.73. The number of rotatable bonds is 2. The molecule has 0 saturated carbocycles. The molecule has 0 N–H and O–H groups in total. The van der Waals surface area contributed by atoms with E-state index in [1.807, 2.05) is 0 Å². The van der Waals surface area contributed by atoms with Gasteiger partial charge in [0.25, 0.3) is 0 Å². The number of hydrogen-bond acceptors (Lipinski definition) is 1. The topological polar surface area (TPSA) is 9.23 Å². The van der Waals surface area contributed by atoms with Crippen LogP contribution in [-0.4, -0.2) is 0 Å². The van der Waals surface area contributed by atoms with Gasteiger partial charge in [-0.3, -0.25) is 0 Å². The molecule has 9 rings (SSSR count). The molecule has 1 heteroatoms. The summed E-state index contributed by atoms with van der Waals surface area (Å²) in [6, 6.07) is 48.5. The Balaban J connectivity index is 1.31. The Morgan fingerprint density at radius 2 is 1.14 bits per heavy atom. The molecule has 1 aliphatic carbocycles. The van der Waals surface area contributed by atoms with Crippen molar-refractivity contribution in [3.05, 3.63) is 145 Å². The molecule has 1 aliphatic heterocycles. The molecule has 7 aromatic rings. The molecule has 0 fully saturated rings. The van der Waals surface area contributed by atoms with Crippen LogP contribution in [0.25, 0.3) is 66.1 Å². The molecule has 2 aliphatic rings. The third-order valence-electron chi connectivity index (χ3n) is 9.48. The van der Waals surface area contributed by atoms with Crippen LogP contribution in [0.1, 0.15) is 25.0 Å². The van der Waals surface area contributed by atoms with E-state index in [0.29, 0.717) is 0 Å². The van der Waals surface area contributed by atoms with E-state index in [1.54, 1.807) is 0 Å². The highest BCUT2D eigenvalue weighted by Gasteiger charge is 2.37. The Morgan fingerprint density at radius 1 is 0.429 bits per heavy atom. The van der Waals surface area contributed by atoms with Gasteiger partial charge in [-0.25, -0.2) is 0 Å². The highest BCUT2D eigenvalue weighted by molar-refractivity contribution is 6.15. The lowest BCUT2D eigenvalue weighted by atomic mass is 9.80. The second-order valence-corrected chi connectivity index (χ2v) is 12.1. The monoisotopic (exact) mass is 536 g/mol. The van der Waals surface area contributed by atoms with Crippen LogP contribution < -0.4 is 4.74 Å². The minimum Gasteiger partial charge on any atom is -0.456 e. The first kappa shape index (κ1) is 23.6. The van der Waals surface area contributed by atoms with Crippen LogP contribution in [0.5, 0.6) is 11.5 Å². The number of ether oxygens (including phenoxy) is 1. The SMILES string of the molecule is CC1(C)c2ccccc2-c2c1cc(-c1ccc3c4c(cccc14)-c1cc(-c4ccccc4)ccc1O3)c1ccccc21. The van der Waals surface area contributed by atoms with Crippen molar-refractivity contribution in [3.8, 4) is 56.0 Å². The van der Waals surface area contributed by atoms with Gasteiger partial charge in [0.15, 0.2) is 0 Å². The van der Waals surface area contributed by atoms with Gasteiger partial charge in [0.1, 0.15) is 11.5 Å². The average molecular weight is 537 g/mol. The van der Waals surface area contributed by atoms with Gasteiger partial charge in [0.05, 0.1) is 0 Å². The molecule has 0 spiro atoms. The minimum absolute atomic E-state index is 0.0764. The first-order chi connectivity index (χ1) is 20.6. The normalized spacial score (nSPS) is 13.9. The first-order valence-corrected chi connectivity index (χ1v) is 14.7. The van der Waals surface area contributed by atoms with Gasteiger partial charge in [-0.2, -0.15) is 0 Å². The standard InChI is InChI=1S/C41H28O/c1-41(2)35-18-9-8-15-32(35)39-29-14-7-6-13-27(29)33(24-36(39)41)28-20-22-38-40-30(28)16-10-17-31(40)34-23-26(19-21-37(34)42-38)25-11-4-3-5-12-25/h3-24H,1-2H3. The van der Waals surface area contributed by atoms with Gasteiger partial charge in [-0.15, -0.1) is 0 Å². The van der Waals surface area contributed by atoms with Gasteiger partial charge in [0, 0.05) is 16.4 Å². The lowest BCUT2D eigenvalue weighted by molar-refractivity contribution is 0.487. The fourth-order valence-corrected chi connectivity index (χ4v) is 7.45. The van der Waals surface area contributed by atoms with Crippen molar-refractivity contribution in [2.24, 2.45) is 0 Å². The highest BCUT2D eigenvalue weighted by atomic mass is 16.5. The number of hydrogen-bond donors (Lipinski definition) is 0. The molecule has 42 heavy (non-hydrogen) atoms. The van der Waals surface area contributed by atoms with E-state index in [0.717, 1.165) is 17.1 Å². The third kappa shape index (κ3) is 3.14. The predicted molar refractivity (Wildman–Crippen MR) is 175 cm³/mol. The zero-order chi connectivity index (χ0) is 28.0. The maximum absolute atomic E-state index is 6.57. The number of benzene rings is 7. The van der Waals surface area contributed by atoms with Crippen LogP contribution in [0.15, 0.2) is 133 Å². The Labute approximate surface area is 245 Å². The van der Waals surface area contributed by atoms with Crippen molar-refractivity contribution in [3.63, 3.8) is 0 Å². The molecule has 198 valence electrons. The average Bonchev–Trinajstić information content (AvgIpc) is 3.27. The maximum Gasteiger partial charge on any atom is 0.135 e. The molecule has 0 atom stereocenters. The zero-order valence-electron chi connectivity index (χ0n) is 23.6. The molecule has 7 aromatic carbocycles. The Kier molecular flexibility index (Phi) is 4.73. The summed E-state index contributed by atoms with van der Waals surface area (Å²) >= 11 is 0. The van der Waals surface area contributed by atoms with E-state index in [2.05, 4.69) is 147 Å². The van der Waals surface area contributed by atoms with Gasteiger partial charge < -0.3 is 4.74 Å². The summed E-state index contributed by atoms with van der Waals surface area (Å²) < 4.78 is 6.57. The van der Waals surface area contributed by atoms with Gasteiger partial charge in [0.2, 0.25) is 0 Å². The second-order valence-electron chi connectivity index (χ2n) is 12.1. The maximum atomic E-state index is 6.57. The largest absolute Gasteiger partial charge is 0.456 e. The van der Waals surface area contributed by atoms with Crippen molar-refractivity contribution >= 4 is 21.5 Å². The summed E-state index contributed by atoms with van der Waals surface area (Å²) in [6.07, 6.45) is 0. The van der Waals surface area contributed by atoms with Crippen molar-refractivity contribution in [2.75, 3.05) is 0 Å². The molecular formula is C41H28O.